The third-order valence-electron chi connectivity index (χ3n) is 2.92. The van der Waals surface area contributed by atoms with Crippen LogP contribution < -0.4 is 0 Å². The molecular formula is C13H15ClFN3. The minimum Gasteiger partial charge on any atom is -0.294 e. The quantitative estimate of drug-likeness (QED) is 0.847. The average molecular weight is 268 g/mol. The third kappa shape index (κ3) is 2.53. The first-order valence-electron chi connectivity index (χ1n) is 5.98. The second kappa shape index (κ2) is 5.48. The molecule has 3 nitrogen and oxygen atoms in total. The second-order valence-corrected chi connectivity index (χ2v) is 4.57. The summed E-state index contributed by atoms with van der Waals surface area (Å²) in [6.07, 6.45) is 1.77. The molecule has 0 saturated carbocycles. The summed E-state index contributed by atoms with van der Waals surface area (Å²) >= 11 is 6.06. The maximum Gasteiger partial charge on any atom is 0.225 e. The minimum absolute atomic E-state index is 0.0789. The van der Waals surface area contributed by atoms with Crippen molar-refractivity contribution < 1.29 is 4.39 Å². The fraction of sp³-hybridized carbons (Fsp3) is 0.385. The maximum atomic E-state index is 13.2. The number of aromatic nitrogens is 3. The molecule has 0 bridgehead atoms. The lowest BCUT2D eigenvalue weighted by atomic mass is 10.1. The average Bonchev–Trinajstić information content (AvgIpc) is 2.70. The molecule has 1 atom stereocenters. The molecule has 0 saturated heterocycles. The zero-order valence-corrected chi connectivity index (χ0v) is 11.2. The molecule has 0 N–H and O–H groups in total. The smallest absolute Gasteiger partial charge is 0.225 e. The molecule has 0 amide bonds. The molecule has 1 aromatic carbocycles. The van der Waals surface area contributed by atoms with Gasteiger partial charge in [-0.2, -0.15) is 0 Å². The fourth-order valence-electron chi connectivity index (χ4n) is 1.99. The first kappa shape index (κ1) is 13.0. The van der Waals surface area contributed by atoms with Crippen molar-refractivity contribution in [3.05, 3.63) is 46.8 Å². The summed E-state index contributed by atoms with van der Waals surface area (Å²) in [5.74, 6) is 0.583. The van der Waals surface area contributed by atoms with E-state index in [0.717, 1.165) is 24.2 Å². The van der Waals surface area contributed by atoms with Gasteiger partial charge in [0.2, 0.25) is 5.28 Å². The van der Waals surface area contributed by atoms with Gasteiger partial charge in [-0.1, -0.05) is 19.1 Å². The summed E-state index contributed by atoms with van der Waals surface area (Å²) in [6, 6.07) is 6.43. The SMILES string of the molecule is CCCc1nnc(Cl)n1C(C)c1cccc(F)c1. The predicted molar refractivity (Wildman–Crippen MR) is 69.2 cm³/mol. The van der Waals surface area contributed by atoms with Crippen molar-refractivity contribution in [3.63, 3.8) is 0 Å². The molecule has 5 heteroatoms. The summed E-state index contributed by atoms with van der Waals surface area (Å²) in [5.41, 5.74) is 0.856. The van der Waals surface area contributed by atoms with Crippen molar-refractivity contribution in [3.8, 4) is 0 Å². The molecule has 0 spiro atoms. The van der Waals surface area contributed by atoms with Crippen molar-refractivity contribution in [2.24, 2.45) is 0 Å². The Hall–Kier alpha value is -1.42. The molecule has 0 aliphatic carbocycles. The lowest BCUT2D eigenvalue weighted by Crippen LogP contribution is -2.11. The molecule has 0 aliphatic heterocycles. The van der Waals surface area contributed by atoms with Gasteiger partial charge in [-0.15, -0.1) is 10.2 Å². The van der Waals surface area contributed by atoms with Crippen LogP contribution in [0.1, 0.15) is 37.7 Å². The largest absolute Gasteiger partial charge is 0.294 e. The van der Waals surface area contributed by atoms with Gasteiger partial charge in [0, 0.05) is 6.42 Å². The lowest BCUT2D eigenvalue weighted by molar-refractivity contribution is 0.582. The summed E-state index contributed by atoms with van der Waals surface area (Å²) in [5, 5.41) is 8.29. The van der Waals surface area contributed by atoms with E-state index in [9.17, 15) is 4.39 Å². The number of halogens is 2. The van der Waals surface area contributed by atoms with Crippen LogP contribution in [-0.4, -0.2) is 14.8 Å². The van der Waals surface area contributed by atoms with Crippen molar-refractivity contribution in [1.29, 1.82) is 0 Å². The van der Waals surface area contributed by atoms with Crippen molar-refractivity contribution in [1.82, 2.24) is 14.8 Å². The van der Waals surface area contributed by atoms with Gasteiger partial charge in [0.1, 0.15) is 11.6 Å². The van der Waals surface area contributed by atoms with Gasteiger partial charge < -0.3 is 0 Å². The van der Waals surface area contributed by atoms with Crippen LogP contribution in [-0.2, 0) is 6.42 Å². The number of rotatable bonds is 4. The monoisotopic (exact) mass is 267 g/mol. The van der Waals surface area contributed by atoms with Crippen LogP contribution in [0.3, 0.4) is 0 Å². The summed E-state index contributed by atoms with van der Waals surface area (Å²) < 4.78 is 15.1. The van der Waals surface area contributed by atoms with E-state index in [0.29, 0.717) is 5.28 Å². The van der Waals surface area contributed by atoms with Crippen LogP contribution in [0.15, 0.2) is 24.3 Å². The molecule has 2 rings (SSSR count). The third-order valence-corrected chi connectivity index (χ3v) is 3.17. The Labute approximate surface area is 111 Å². The van der Waals surface area contributed by atoms with Crippen LogP contribution >= 0.6 is 11.6 Å². The van der Waals surface area contributed by atoms with Gasteiger partial charge in [-0.25, -0.2) is 4.39 Å². The molecule has 0 aliphatic rings. The van der Waals surface area contributed by atoms with Gasteiger partial charge in [0.05, 0.1) is 6.04 Å². The number of aryl methyl sites for hydroxylation is 1. The predicted octanol–water partition coefficient (Wildman–Crippen LogP) is 3.63. The summed E-state index contributed by atoms with van der Waals surface area (Å²) in [4.78, 5) is 0. The summed E-state index contributed by atoms with van der Waals surface area (Å²) in [7, 11) is 0. The first-order valence-corrected chi connectivity index (χ1v) is 6.36. The number of nitrogens with zero attached hydrogens (tertiary/aromatic N) is 3. The Bertz CT molecular complexity index is 539. The van der Waals surface area contributed by atoms with E-state index in [-0.39, 0.29) is 11.9 Å². The Morgan fingerprint density at radius 1 is 1.39 bits per heavy atom. The van der Waals surface area contributed by atoms with E-state index in [2.05, 4.69) is 17.1 Å². The van der Waals surface area contributed by atoms with Crippen molar-refractivity contribution in [2.75, 3.05) is 0 Å². The standard InChI is InChI=1S/C13H15ClFN3/c1-3-5-12-16-17-13(14)18(12)9(2)10-6-4-7-11(15)8-10/h4,6-9H,3,5H2,1-2H3. The fourth-order valence-corrected chi connectivity index (χ4v) is 2.28. The highest BCUT2D eigenvalue weighted by atomic mass is 35.5. The Morgan fingerprint density at radius 3 is 2.83 bits per heavy atom. The normalized spacial score (nSPS) is 12.7. The molecule has 18 heavy (non-hydrogen) atoms. The van der Waals surface area contributed by atoms with E-state index in [4.69, 9.17) is 11.6 Å². The molecule has 0 radical (unpaired) electrons. The van der Waals surface area contributed by atoms with E-state index < -0.39 is 0 Å². The van der Waals surface area contributed by atoms with E-state index >= 15 is 0 Å². The van der Waals surface area contributed by atoms with Crippen LogP contribution in [0, 0.1) is 5.82 Å². The van der Waals surface area contributed by atoms with Gasteiger partial charge in [0.25, 0.3) is 0 Å². The van der Waals surface area contributed by atoms with Crippen LogP contribution in [0.5, 0.6) is 0 Å². The second-order valence-electron chi connectivity index (χ2n) is 4.24. The number of hydrogen-bond acceptors (Lipinski definition) is 2. The zero-order chi connectivity index (χ0) is 13.1. The zero-order valence-electron chi connectivity index (χ0n) is 10.4. The maximum absolute atomic E-state index is 13.2. The Kier molecular flexibility index (Phi) is 3.97. The number of hydrogen-bond donors (Lipinski definition) is 0. The van der Waals surface area contributed by atoms with E-state index in [1.54, 1.807) is 6.07 Å². The van der Waals surface area contributed by atoms with Gasteiger partial charge in [-0.3, -0.25) is 4.57 Å². The molecule has 2 aromatic rings. The molecule has 1 unspecified atom stereocenters. The molecule has 1 heterocycles. The van der Waals surface area contributed by atoms with Crippen LogP contribution in [0.25, 0.3) is 0 Å². The van der Waals surface area contributed by atoms with Crippen molar-refractivity contribution >= 4 is 11.6 Å². The molecule has 96 valence electrons. The highest BCUT2D eigenvalue weighted by Gasteiger charge is 2.17. The minimum atomic E-state index is -0.249. The Balaban J connectivity index is 2.39. The Morgan fingerprint density at radius 2 is 2.17 bits per heavy atom. The number of benzene rings is 1. The first-order chi connectivity index (χ1) is 8.63. The van der Waals surface area contributed by atoms with Crippen molar-refractivity contribution in [2.45, 2.75) is 32.7 Å². The topological polar surface area (TPSA) is 30.7 Å². The summed E-state index contributed by atoms with van der Waals surface area (Å²) in [6.45, 7) is 4.03. The highest BCUT2D eigenvalue weighted by Crippen LogP contribution is 2.24. The van der Waals surface area contributed by atoms with Crippen LogP contribution in [0.4, 0.5) is 4.39 Å². The van der Waals surface area contributed by atoms with Gasteiger partial charge in [0.15, 0.2) is 0 Å². The molecule has 1 aromatic heterocycles. The molecule has 0 fully saturated rings. The molecular weight excluding hydrogens is 253 g/mol. The van der Waals surface area contributed by atoms with Gasteiger partial charge >= 0.3 is 0 Å². The highest BCUT2D eigenvalue weighted by molar-refractivity contribution is 6.28. The van der Waals surface area contributed by atoms with E-state index in [1.165, 1.54) is 12.1 Å². The van der Waals surface area contributed by atoms with Gasteiger partial charge in [-0.05, 0) is 42.6 Å². The lowest BCUT2D eigenvalue weighted by Gasteiger charge is -2.16. The van der Waals surface area contributed by atoms with E-state index in [1.807, 2.05) is 17.6 Å². The van der Waals surface area contributed by atoms with Crippen LogP contribution in [0.2, 0.25) is 5.28 Å².